The van der Waals surface area contributed by atoms with Crippen LogP contribution in [0.1, 0.15) is 6.92 Å². The number of aromatic nitrogens is 1. The predicted molar refractivity (Wildman–Crippen MR) is 108 cm³/mol. The SMILES string of the molecule is CCn1ccc2c(OCC(=O)Nc3ccc(OC)c(OC)c3)cccc2c1=O. The Morgan fingerprint density at radius 3 is 2.50 bits per heavy atom. The molecule has 0 unspecified atom stereocenters. The molecule has 0 spiro atoms. The first-order chi connectivity index (χ1) is 13.6. The lowest BCUT2D eigenvalue weighted by Crippen LogP contribution is -2.21. The maximum atomic E-state index is 12.4. The van der Waals surface area contributed by atoms with E-state index in [9.17, 15) is 9.59 Å². The highest BCUT2D eigenvalue weighted by atomic mass is 16.5. The van der Waals surface area contributed by atoms with Crippen molar-refractivity contribution in [3.63, 3.8) is 0 Å². The molecule has 1 amide bonds. The van der Waals surface area contributed by atoms with Crippen molar-refractivity contribution in [2.45, 2.75) is 13.5 Å². The molecule has 1 aromatic heterocycles. The van der Waals surface area contributed by atoms with Gasteiger partial charge in [0.25, 0.3) is 11.5 Å². The van der Waals surface area contributed by atoms with Crippen molar-refractivity contribution in [3.8, 4) is 17.2 Å². The molecule has 0 aliphatic carbocycles. The van der Waals surface area contributed by atoms with Crippen molar-refractivity contribution in [1.29, 1.82) is 0 Å². The average molecular weight is 382 g/mol. The molecule has 0 aliphatic heterocycles. The Morgan fingerprint density at radius 2 is 1.79 bits per heavy atom. The highest BCUT2D eigenvalue weighted by Gasteiger charge is 2.11. The van der Waals surface area contributed by atoms with Crippen LogP contribution in [0.15, 0.2) is 53.5 Å². The highest BCUT2D eigenvalue weighted by molar-refractivity contribution is 5.93. The van der Waals surface area contributed by atoms with Gasteiger partial charge in [-0.1, -0.05) is 6.07 Å². The second-order valence-corrected chi connectivity index (χ2v) is 6.03. The largest absolute Gasteiger partial charge is 0.493 e. The molecule has 0 saturated heterocycles. The number of pyridine rings is 1. The summed E-state index contributed by atoms with van der Waals surface area (Å²) in [5.41, 5.74) is 0.482. The van der Waals surface area contributed by atoms with Crippen LogP contribution in [0.2, 0.25) is 0 Å². The fourth-order valence-corrected chi connectivity index (χ4v) is 2.92. The highest BCUT2D eigenvalue weighted by Crippen LogP contribution is 2.29. The first-order valence-corrected chi connectivity index (χ1v) is 8.84. The topological polar surface area (TPSA) is 78.8 Å². The van der Waals surface area contributed by atoms with Crippen LogP contribution in [0, 0.1) is 0 Å². The third-order valence-corrected chi connectivity index (χ3v) is 4.35. The number of ether oxygens (including phenoxy) is 3. The molecule has 28 heavy (non-hydrogen) atoms. The Morgan fingerprint density at radius 1 is 1.00 bits per heavy atom. The van der Waals surface area contributed by atoms with Gasteiger partial charge in [-0.25, -0.2) is 0 Å². The van der Waals surface area contributed by atoms with Crippen LogP contribution in [0.5, 0.6) is 17.2 Å². The standard InChI is InChI=1S/C21H22N2O5/c1-4-23-11-10-15-16(21(23)25)6-5-7-17(15)28-13-20(24)22-14-8-9-18(26-2)19(12-14)27-3/h5-12H,4,13H2,1-3H3,(H,22,24). The summed E-state index contributed by atoms with van der Waals surface area (Å²) in [5, 5.41) is 3.99. The van der Waals surface area contributed by atoms with E-state index in [1.165, 1.54) is 7.11 Å². The number of nitrogens with zero attached hydrogens (tertiary/aromatic N) is 1. The number of fused-ring (bicyclic) bond motifs is 1. The Hall–Kier alpha value is -3.48. The molecular formula is C21H22N2O5. The van der Waals surface area contributed by atoms with Gasteiger partial charge in [-0.3, -0.25) is 9.59 Å². The van der Waals surface area contributed by atoms with Gasteiger partial charge in [0.15, 0.2) is 18.1 Å². The van der Waals surface area contributed by atoms with Crippen molar-refractivity contribution >= 4 is 22.4 Å². The van der Waals surface area contributed by atoms with E-state index in [2.05, 4.69) is 5.32 Å². The molecule has 0 atom stereocenters. The quantitative estimate of drug-likeness (QED) is 0.679. The average Bonchev–Trinajstić information content (AvgIpc) is 2.72. The fraction of sp³-hybridized carbons (Fsp3) is 0.238. The molecular weight excluding hydrogens is 360 g/mol. The molecule has 0 bridgehead atoms. The van der Waals surface area contributed by atoms with Crippen molar-refractivity contribution in [2.75, 3.05) is 26.1 Å². The molecule has 0 aliphatic rings. The summed E-state index contributed by atoms with van der Waals surface area (Å²) in [5.74, 6) is 1.25. The fourth-order valence-electron chi connectivity index (χ4n) is 2.92. The monoisotopic (exact) mass is 382 g/mol. The Balaban J connectivity index is 1.73. The summed E-state index contributed by atoms with van der Waals surface area (Å²) in [6.07, 6.45) is 1.72. The molecule has 0 saturated carbocycles. The minimum atomic E-state index is -0.328. The zero-order chi connectivity index (χ0) is 20.1. The number of methoxy groups -OCH3 is 2. The van der Waals surface area contributed by atoms with Crippen LogP contribution in [0.25, 0.3) is 10.8 Å². The molecule has 1 heterocycles. The minimum Gasteiger partial charge on any atom is -0.493 e. The smallest absolute Gasteiger partial charge is 0.262 e. The van der Waals surface area contributed by atoms with Gasteiger partial charge in [0.1, 0.15) is 5.75 Å². The number of carbonyl (C=O) groups is 1. The van der Waals surface area contributed by atoms with E-state index in [4.69, 9.17) is 14.2 Å². The number of carbonyl (C=O) groups excluding carboxylic acids is 1. The zero-order valence-corrected chi connectivity index (χ0v) is 16.0. The maximum absolute atomic E-state index is 12.4. The van der Waals surface area contributed by atoms with Crippen LogP contribution >= 0.6 is 0 Å². The van der Waals surface area contributed by atoms with Crippen LogP contribution in [0.3, 0.4) is 0 Å². The second kappa shape index (κ2) is 8.47. The third kappa shape index (κ3) is 3.93. The van der Waals surface area contributed by atoms with E-state index in [1.807, 2.05) is 13.0 Å². The van der Waals surface area contributed by atoms with E-state index in [1.54, 1.807) is 54.3 Å². The van der Waals surface area contributed by atoms with Crippen LogP contribution in [0.4, 0.5) is 5.69 Å². The Labute approximate surface area is 162 Å². The first kappa shape index (κ1) is 19.3. The van der Waals surface area contributed by atoms with E-state index >= 15 is 0 Å². The van der Waals surface area contributed by atoms with E-state index in [-0.39, 0.29) is 18.1 Å². The Bertz CT molecular complexity index is 1060. The normalized spacial score (nSPS) is 10.5. The molecule has 0 radical (unpaired) electrons. The summed E-state index contributed by atoms with van der Waals surface area (Å²) >= 11 is 0. The Kier molecular flexibility index (Phi) is 5.84. The van der Waals surface area contributed by atoms with Gasteiger partial charge in [-0.15, -0.1) is 0 Å². The predicted octanol–water partition coefficient (Wildman–Crippen LogP) is 3.06. The summed E-state index contributed by atoms with van der Waals surface area (Å²) < 4.78 is 17.7. The molecule has 2 aromatic carbocycles. The van der Waals surface area contributed by atoms with Gasteiger partial charge in [0.2, 0.25) is 0 Å². The van der Waals surface area contributed by atoms with E-state index < -0.39 is 0 Å². The lowest BCUT2D eigenvalue weighted by atomic mass is 10.1. The molecule has 3 rings (SSSR count). The number of hydrogen-bond donors (Lipinski definition) is 1. The van der Waals surface area contributed by atoms with Crippen molar-refractivity contribution in [1.82, 2.24) is 4.57 Å². The lowest BCUT2D eigenvalue weighted by Gasteiger charge is -2.12. The number of rotatable bonds is 7. The molecule has 1 N–H and O–H groups in total. The van der Waals surface area contributed by atoms with Crippen LogP contribution < -0.4 is 25.1 Å². The van der Waals surface area contributed by atoms with E-state index in [0.717, 1.165) is 0 Å². The number of benzene rings is 2. The number of anilines is 1. The summed E-state index contributed by atoms with van der Waals surface area (Å²) in [6.45, 7) is 2.31. The van der Waals surface area contributed by atoms with E-state index in [0.29, 0.717) is 40.3 Å². The molecule has 146 valence electrons. The lowest BCUT2D eigenvalue weighted by molar-refractivity contribution is -0.118. The molecule has 3 aromatic rings. The molecule has 7 nitrogen and oxygen atoms in total. The van der Waals surface area contributed by atoms with Crippen LogP contribution in [-0.4, -0.2) is 31.3 Å². The van der Waals surface area contributed by atoms with Gasteiger partial charge in [0.05, 0.1) is 19.6 Å². The number of hydrogen-bond acceptors (Lipinski definition) is 5. The minimum absolute atomic E-state index is 0.0831. The van der Waals surface area contributed by atoms with Gasteiger partial charge < -0.3 is 24.1 Å². The maximum Gasteiger partial charge on any atom is 0.262 e. The summed E-state index contributed by atoms with van der Waals surface area (Å²) in [4.78, 5) is 24.7. The van der Waals surface area contributed by atoms with Crippen LogP contribution in [-0.2, 0) is 11.3 Å². The third-order valence-electron chi connectivity index (χ3n) is 4.35. The second-order valence-electron chi connectivity index (χ2n) is 6.03. The van der Waals surface area contributed by atoms with Crippen molar-refractivity contribution in [3.05, 3.63) is 59.0 Å². The van der Waals surface area contributed by atoms with Gasteiger partial charge in [0, 0.05) is 29.9 Å². The number of aryl methyl sites for hydroxylation is 1. The van der Waals surface area contributed by atoms with Crippen molar-refractivity contribution in [2.24, 2.45) is 0 Å². The van der Waals surface area contributed by atoms with Gasteiger partial charge >= 0.3 is 0 Å². The van der Waals surface area contributed by atoms with Crippen molar-refractivity contribution < 1.29 is 19.0 Å². The summed E-state index contributed by atoms with van der Waals surface area (Å²) in [6, 6.07) is 12.1. The zero-order valence-electron chi connectivity index (χ0n) is 16.0. The molecule has 7 heteroatoms. The first-order valence-electron chi connectivity index (χ1n) is 8.84. The number of nitrogens with one attached hydrogen (secondary N) is 1. The van der Waals surface area contributed by atoms with Gasteiger partial charge in [-0.2, -0.15) is 0 Å². The van der Waals surface area contributed by atoms with Gasteiger partial charge in [-0.05, 0) is 37.3 Å². The molecule has 0 fully saturated rings. The number of amides is 1. The summed E-state index contributed by atoms with van der Waals surface area (Å²) in [7, 11) is 3.07.